The molecule has 4 nitrogen and oxygen atoms in total. The summed E-state index contributed by atoms with van der Waals surface area (Å²) < 4.78 is 7.25. The van der Waals surface area contributed by atoms with Crippen molar-refractivity contribution in [3.63, 3.8) is 0 Å². The number of unbranched alkanes of at least 4 members (excludes halogenated alkanes) is 1. The molecule has 0 aliphatic rings. The highest BCUT2D eigenvalue weighted by atomic mass is 16.5. The van der Waals surface area contributed by atoms with Gasteiger partial charge >= 0.3 is 0 Å². The number of aryl methyl sites for hydroxylation is 1. The molecular formula is C15H21N3O. The van der Waals surface area contributed by atoms with Crippen LogP contribution in [0.15, 0.2) is 43.0 Å². The predicted octanol–water partition coefficient (Wildman–Crippen LogP) is 2.46. The summed E-state index contributed by atoms with van der Waals surface area (Å²) in [4.78, 5) is 4.03. The van der Waals surface area contributed by atoms with Crippen LogP contribution in [0.4, 0.5) is 0 Å². The van der Waals surface area contributed by atoms with Gasteiger partial charge < -0.3 is 14.6 Å². The largest absolute Gasteiger partial charge is 0.497 e. The number of hydrogen-bond acceptors (Lipinski definition) is 3. The highest BCUT2D eigenvalue weighted by Crippen LogP contribution is 2.10. The molecule has 0 radical (unpaired) electrons. The number of nitrogens with one attached hydrogen (secondary N) is 1. The third-order valence-electron chi connectivity index (χ3n) is 3.07. The van der Waals surface area contributed by atoms with Gasteiger partial charge in [-0.15, -0.1) is 0 Å². The molecule has 0 fully saturated rings. The highest BCUT2D eigenvalue weighted by molar-refractivity contribution is 5.26. The van der Waals surface area contributed by atoms with E-state index in [9.17, 15) is 0 Å². The number of imidazole rings is 1. The first-order valence-electron chi connectivity index (χ1n) is 6.68. The molecule has 1 N–H and O–H groups in total. The molecule has 0 saturated heterocycles. The number of rotatable bonds is 8. The zero-order valence-corrected chi connectivity index (χ0v) is 11.4. The van der Waals surface area contributed by atoms with Crippen molar-refractivity contribution in [2.24, 2.45) is 0 Å². The zero-order chi connectivity index (χ0) is 13.3. The SMILES string of the molecule is COc1ccc(CNCCCCn2ccnc2)cc1. The van der Waals surface area contributed by atoms with E-state index in [1.54, 1.807) is 7.11 Å². The maximum atomic E-state index is 5.13. The van der Waals surface area contributed by atoms with Gasteiger partial charge in [-0.2, -0.15) is 0 Å². The van der Waals surface area contributed by atoms with Crippen LogP contribution in [0.5, 0.6) is 5.75 Å². The first kappa shape index (κ1) is 13.6. The van der Waals surface area contributed by atoms with Crippen molar-refractivity contribution in [2.45, 2.75) is 25.9 Å². The summed E-state index contributed by atoms with van der Waals surface area (Å²) in [6, 6.07) is 8.18. The Morgan fingerprint density at radius 3 is 2.74 bits per heavy atom. The quantitative estimate of drug-likeness (QED) is 0.740. The Hall–Kier alpha value is -1.81. The second-order valence-corrected chi connectivity index (χ2v) is 4.53. The lowest BCUT2D eigenvalue weighted by Crippen LogP contribution is -2.15. The number of aromatic nitrogens is 2. The van der Waals surface area contributed by atoms with Crippen LogP contribution < -0.4 is 10.1 Å². The van der Waals surface area contributed by atoms with Crippen LogP contribution in [0.25, 0.3) is 0 Å². The van der Waals surface area contributed by atoms with Crippen molar-refractivity contribution in [2.75, 3.05) is 13.7 Å². The van der Waals surface area contributed by atoms with Crippen molar-refractivity contribution in [1.82, 2.24) is 14.9 Å². The molecule has 0 unspecified atom stereocenters. The molecule has 0 bridgehead atoms. The van der Waals surface area contributed by atoms with E-state index in [1.807, 2.05) is 30.9 Å². The van der Waals surface area contributed by atoms with Crippen molar-refractivity contribution in [3.05, 3.63) is 48.5 Å². The molecule has 4 heteroatoms. The summed E-state index contributed by atoms with van der Waals surface area (Å²) >= 11 is 0. The lowest BCUT2D eigenvalue weighted by Gasteiger charge is -2.06. The summed E-state index contributed by atoms with van der Waals surface area (Å²) in [5.74, 6) is 0.907. The van der Waals surface area contributed by atoms with E-state index < -0.39 is 0 Å². The summed E-state index contributed by atoms with van der Waals surface area (Å²) in [6.45, 7) is 3.00. The van der Waals surface area contributed by atoms with Gasteiger partial charge in [0.25, 0.3) is 0 Å². The van der Waals surface area contributed by atoms with Crippen LogP contribution >= 0.6 is 0 Å². The van der Waals surface area contributed by atoms with Crippen molar-refractivity contribution in [1.29, 1.82) is 0 Å². The average molecular weight is 259 g/mol. The third-order valence-corrected chi connectivity index (χ3v) is 3.07. The number of benzene rings is 1. The summed E-state index contributed by atoms with van der Waals surface area (Å²) in [5, 5.41) is 3.45. The Bertz CT molecular complexity index is 451. The average Bonchev–Trinajstić information content (AvgIpc) is 2.96. The maximum Gasteiger partial charge on any atom is 0.118 e. The van der Waals surface area contributed by atoms with E-state index >= 15 is 0 Å². The van der Waals surface area contributed by atoms with E-state index in [0.29, 0.717) is 0 Å². The van der Waals surface area contributed by atoms with Gasteiger partial charge in [0.15, 0.2) is 0 Å². The Labute approximate surface area is 114 Å². The topological polar surface area (TPSA) is 39.1 Å². The highest BCUT2D eigenvalue weighted by Gasteiger charge is 1.95. The van der Waals surface area contributed by atoms with Crippen molar-refractivity contribution in [3.8, 4) is 5.75 Å². The van der Waals surface area contributed by atoms with E-state index in [0.717, 1.165) is 25.4 Å². The van der Waals surface area contributed by atoms with Gasteiger partial charge in [-0.1, -0.05) is 12.1 Å². The van der Waals surface area contributed by atoms with Gasteiger partial charge in [-0.25, -0.2) is 4.98 Å². The molecule has 2 rings (SSSR count). The molecule has 0 atom stereocenters. The van der Waals surface area contributed by atoms with Crippen LogP contribution in [0.3, 0.4) is 0 Å². The first-order chi connectivity index (χ1) is 9.38. The number of methoxy groups -OCH3 is 1. The zero-order valence-electron chi connectivity index (χ0n) is 11.4. The Morgan fingerprint density at radius 1 is 1.21 bits per heavy atom. The molecule has 19 heavy (non-hydrogen) atoms. The minimum absolute atomic E-state index is 0.907. The standard InChI is InChI=1S/C15H21N3O/c1-19-15-6-4-14(5-7-15)12-16-8-2-3-10-18-11-9-17-13-18/h4-7,9,11,13,16H,2-3,8,10,12H2,1H3. The van der Waals surface area contributed by atoms with Crippen molar-refractivity contribution >= 4 is 0 Å². The lowest BCUT2D eigenvalue weighted by molar-refractivity contribution is 0.414. The third kappa shape index (κ3) is 4.75. The van der Waals surface area contributed by atoms with Crippen LogP contribution in [0, 0.1) is 0 Å². The lowest BCUT2D eigenvalue weighted by atomic mass is 10.2. The summed E-state index contributed by atoms with van der Waals surface area (Å²) in [6.07, 6.45) is 8.04. The van der Waals surface area contributed by atoms with E-state index in [4.69, 9.17) is 4.74 Å². The minimum atomic E-state index is 0.907. The second kappa shape index (κ2) is 7.59. The molecule has 1 heterocycles. The number of nitrogens with zero attached hydrogens (tertiary/aromatic N) is 2. The van der Waals surface area contributed by atoms with E-state index in [2.05, 4.69) is 27.0 Å². The minimum Gasteiger partial charge on any atom is -0.497 e. The predicted molar refractivity (Wildman–Crippen MR) is 76.2 cm³/mol. The molecule has 1 aromatic carbocycles. The van der Waals surface area contributed by atoms with Gasteiger partial charge in [-0.3, -0.25) is 0 Å². The van der Waals surface area contributed by atoms with Gasteiger partial charge in [0.1, 0.15) is 5.75 Å². The monoisotopic (exact) mass is 259 g/mol. The van der Waals surface area contributed by atoms with Crippen LogP contribution in [-0.4, -0.2) is 23.2 Å². The fraction of sp³-hybridized carbons (Fsp3) is 0.400. The molecule has 0 aliphatic heterocycles. The van der Waals surface area contributed by atoms with Crippen LogP contribution in [0.1, 0.15) is 18.4 Å². The summed E-state index contributed by atoms with van der Waals surface area (Å²) in [5.41, 5.74) is 1.29. The van der Waals surface area contributed by atoms with Gasteiger partial charge in [0.05, 0.1) is 13.4 Å². The molecule has 2 aromatic rings. The molecule has 1 aromatic heterocycles. The fourth-order valence-electron chi connectivity index (χ4n) is 1.94. The number of ether oxygens (including phenoxy) is 1. The maximum absolute atomic E-state index is 5.13. The van der Waals surface area contributed by atoms with Crippen LogP contribution in [0.2, 0.25) is 0 Å². The molecule has 0 spiro atoms. The van der Waals surface area contributed by atoms with E-state index in [1.165, 1.54) is 18.4 Å². The van der Waals surface area contributed by atoms with E-state index in [-0.39, 0.29) is 0 Å². The van der Waals surface area contributed by atoms with Gasteiger partial charge in [0.2, 0.25) is 0 Å². The molecule has 0 saturated carbocycles. The second-order valence-electron chi connectivity index (χ2n) is 4.53. The summed E-state index contributed by atoms with van der Waals surface area (Å²) in [7, 11) is 1.69. The normalized spacial score (nSPS) is 10.6. The fourth-order valence-corrected chi connectivity index (χ4v) is 1.94. The molecule has 0 amide bonds. The Kier molecular flexibility index (Phi) is 5.44. The molecular weight excluding hydrogens is 238 g/mol. The first-order valence-corrected chi connectivity index (χ1v) is 6.68. The van der Waals surface area contributed by atoms with Gasteiger partial charge in [-0.05, 0) is 37.1 Å². The van der Waals surface area contributed by atoms with Crippen molar-refractivity contribution < 1.29 is 4.74 Å². The molecule has 102 valence electrons. The van der Waals surface area contributed by atoms with Crippen LogP contribution in [-0.2, 0) is 13.1 Å². The Morgan fingerprint density at radius 2 is 2.05 bits per heavy atom. The smallest absolute Gasteiger partial charge is 0.118 e. The Balaban J connectivity index is 1.56. The number of hydrogen-bond donors (Lipinski definition) is 1. The van der Waals surface area contributed by atoms with Gasteiger partial charge in [0, 0.05) is 25.5 Å². The molecule has 0 aliphatic carbocycles.